The maximum absolute atomic E-state index is 12.4. The normalized spacial score (nSPS) is 26.8. The number of carbonyl (C=O) groups is 2. The molecular formula is C13H21N3O2. The number of nitrogens with one attached hydrogen (secondary N) is 2. The van der Waals surface area contributed by atoms with Gasteiger partial charge in [0.05, 0.1) is 0 Å². The van der Waals surface area contributed by atoms with E-state index in [9.17, 15) is 9.59 Å². The third-order valence-corrected chi connectivity index (χ3v) is 4.30. The second kappa shape index (κ2) is 4.53. The molecule has 3 rings (SSSR count). The highest BCUT2D eigenvalue weighted by Gasteiger charge is 2.50. The summed E-state index contributed by atoms with van der Waals surface area (Å²) in [7, 11) is 0. The van der Waals surface area contributed by atoms with Crippen LogP contribution in [0.25, 0.3) is 0 Å². The highest BCUT2D eigenvalue weighted by atomic mass is 16.2. The van der Waals surface area contributed by atoms with Crippen molar-refractivity contribution in [3.63, 3.8) is 0 Å². The molecule has 1 saturated heterocycles. The van der Waals surface area contributed by atoms with Crippen molar-refractivity contribution in [2.75, 3.05) is 13.1 Å². The van der Waals surface area contributed by atoms with Crippen molar-refractivity contribution < 1.29 is 9.59 Å². The van der Waals surface area contributed by atoms with E-state index in [1.807, 2.05) is 0 Å². The fourth-order valence-corrected chi connectivity index (χ4v) is 3.04. The summed E-state index contributed by atoms with van der Waals surface area (Å²) in [6.07, 6.45) is 7.33. The largest absolute Gasteiger partial charge is 0.325 e. The maximum atomic E-state index is 12.4. The first-order valence-electron chi connectivity index (χ1n) is 7.09. The Kier molecular flexibility index (Phi) is 3.01. The van der Waals surface area contributed by atoms with Crippen LogP contribution in [0.4, 0.5) is 4.79 Å². The summed E-state index contributed by atoms with van der Waals surface area (Å²) in [5.41, 5.74) is -0.561. The SMILES string of the molecule is O=C1NC2(CCCCC2)C(=O)N1CCNC1CC1. The van der Waals surface area contributed by atoms with Crippen LogP contribution in [0.3, 0.4) is 0 Å². The van der Waals surface area contributed by atoms with E-state index in [0.717, 1.165) is 32.2 Å². The third kappa shape index (κ3) is 2.11. The van der Waals surface area contributed by atoms with Gasteiger partial charge in [-0.25, -0.2) is 4.79 Å². The van der Waals surface area contributed by atoms with E-state index in [4.69, 9.17) is 0 Å². The molecular weight excluding hydrogens is 230 g/mol. The number of rotatable bonds is 4. The lowest BCUT2D eigenvalue weighted by Crippen LogP contribution is -2.48. The molecule has 2 aliphatic carbocycles. The highest BCUT2D eigenvalue weighted by Crippen LogP contribution is 2.33. The van der Waals surface area contributed by atoms with Crippen LogP contribution in [0.15, 0.2) is 0 Å². The molecule has 3 aliphatic rings. The summed E-state index contributed by atoms with van der Waals surface area (Å²) in [6.45, 7) is 1.23. The van der Waals surface area contributed by atoms with E-state index in [0.29, 0.717) is 12.6 Å². The molecule has 3 fully saturated rings. The van der Waals surface area contributed by atoms with Crippen molar-refractivity contribution >= 4 is 11.9 Å². The van der Waals surface area contributed by atoms with Gasteiger partial charge in [0.2, 0.25) is 0 Å². The van der Waals surface area contributed by atoms with Gasteiger partial charge in [-0.15, -0.1) is 0 Å². The van der Waals surface area contributed by atoms with Crippen LogP contribution < -0.4 is 10.6 Å². The van der Waals surface area contributed by atoms with Crippen molar-refractivity contribution in [2.24, 2.45) is 0 Å². The second-order valence-electron chi connectivity index (χ2n) is 5.76. The van der Waals surface area contributed by atoms with Crippen molar-refractivity contribution in [3.05, 3.63) is 0 Å². The lowest BCUT2D eigenvalue weighted by atomic mass is 9.82. The predicted octanol–water partition coefficient (Wildman–Crippen LogP) is 0.993. The molecule has 3 amide bonds. The highest BCUT2D eigenvalue weighted by molar-refractivity contribution is 6.07. The number of imide groups is 1. The first-order valence-corrected chi connectivity index (χ1v) is 7.09. The zero-order valence-corrected chi connectivity index (χ0v) is 10.7. The van der Waals surface area contributed by atoms with E-state index >= 15 is 0 Å². The summed E-state index contributed by atoms with van der Waals surface area (Å²) >= 11 is 0. The van der Waals surface area contributed by atoms with Gasteiger partial charge >= 0.3 is 6.03 Å². The van der Waals surface area contributed by atoms with E-state index < -0.39 is 5.54 Å². The molecule has 0 bridgehead atoms. The fourth-order valence-electron chi connectivity index (χ4n) is 3.04. The molecule has 0 aromatic carbocycles. The lowest BCUT2D eigenvalue weighted by molar-refractivity contribution is -0.132. The summed E-state index contributed by atoms with van der Waals surface area (Å²) in [6, 6.07) is 0.425. The van der Waals surface area contributed by atoms with Crippen LogP contribution in [-0.4, -0.2) is 41.5 Å². The van der Waals surface area contributed by atoms with Gasteiger partial charge in [0.15, 0.2) is 0 Å². The Balaban J connectivity index is 1.60. The Morgan fingerprint density at radius 1 is 1.22 bits per heavy atom. The molecule has 0 aromatic heterocycles. The number of urea groups is 1. The Labute approximate surface area is 107 Å². The Hall–Kier alpha value is -1.10. The molecule has 1 aliphatic heterocycles. The number of amides is 3. The maximum Gasteiger partial charge on any atom is 0.325 e. The Bertz CT molecular complexity index is 359. The molecule has 100 valence electrons. The average Bonchev–Trinajstić information content (AvgIpc) is 3.15. The fraction of sp³-hybridized carbons (Fsp3) is 0.846. The zero-order chi connectivity index (χ0) is 12.6. The molecule has 0 aromatic rings. The van der Waals surface area contributed by atoms with E-state index in [1.165, 1.54) is 24.2 Å². The monoisotopic (exact) mass is 251 g/mol. The number of carbonyl (C=O) groups excluding carboxylic acids is 2. The minimum absolute atomic E-state index is 0.00444. The Morgan fingerprint density at radius 2 is 1.94 bits per heavy atom. The van der Waals surface area contributed by atoms with E-state index in [-0.39, 0.29) is 11.9 Å². The minimum atomic E-state index is -0.561. The van der Waals surface area contributed by atoms with Gasteiger partial charge in [0.25, 0.3) is 5.91 Å². The summed E-state index contributed by atoms with van der Waals surface area (Å²) < 4.78 is 0. The molecule has 2 saturated carbocycles. The molecule has 18 heavy (non-hydrogen) atoms. The molecule has 5 nitrogen and oxygen atoms in total. The van der Waals surface area contributed by atoms with Crippen LogP contribution in [-0.2, 0) is 4.79 Å². The van der Waals surface area contributed by atoms with E-state index in [2.05, 4.69) is 10.6 Å². The topological polar surface area (TPSA) is 61.4 Å². The van der Waals surface area contributed by atoms with Crippen molar-refractivity contribution in [1.82, 2.24) is 15.5 Å². The van der Waals surface area contributed by atoms with Crippen molar-refractivity contribution in [3.8, 4) is 0 Å². The van der Waals surface area contributed by atoms with Crippen LogP contribution in [0.2, 0.25) is 0 Å². The van der Waals surface area contributed by atoms with Crippen LogP contribution in [0.1, 0.15) is 44.9 Å². The standard InChI is InChI=1S/C13H21N3O2/c17-11-13(6-2-1-3-7-13)15-12(18)16(11)9-8-14-10-4-5-10/h10,14H,1-9H2,(H,15,18). The number of nitrogens with zero attached hydrogens (tertiary/aromatic N) is 1. The molecule has 2 N–H and O–H groups in total. The summed E-state index contributed by atoms with van der Waals surface area (Å²) in [5, 5.41) is 6.27. The summed E-state index contributed by atoms with van der Waals surface area (Å²) in [5.74, 6) is 0.00444. The molecule has 0 atom stereocenters. The van der Waals surface area contributed by atoms with E-state index in [1.54, 1.807) is 0 Å². The van der Waals surface area contributed by atoms with Gasteiger partial charge in [0.1, 0.15) is 5.54 Å². The molecule has 0 radical (unpaired) electrons. The first kappa shape index (κ1) is 12.0. The van der Waals surface area contributed by atoms with Gasteiger partial charge in [-0.2, -0.15) is 0 Å². The molecule has 1 heterocycles. The molecule has 5 heteroatoms. The minimum Gasteiger partial charge on any atom is -0.323 e. The zero-order valence-electron chi connectivity index (χ0n) is 10.7. The lowest BCUT2D eigenvalue weighted by Gasteiger charge is -2.30. The van der Waals surface area contributed by atoms with Gasteiger partial charge in [-0.1, -0.05) is 19.3 Å². The van der Waals surface area contributed by atoms with Gasteiger partial charge in [0, 0.05) is 19.1 Å². The smallest absolute Gasteiger partial charge is 0.323 e. The quantitative estimate of drug-likeness (QED) is 0.733. The average molecular weight is 251 g/mol. The molecule has 1 spiro atoms. The van der Waals surface area contributed by atoms with Gasteiger partial charge in [-0.05, 0) is 25.7 Å². The first-order chi connectivity index (χ1) is 8.71. The van der Waals surface area contributed by atoms with Crippen molar-refractivity contribution in [2.45, 2.75) is 56.5 Å². The van der Waals surface area contributed by atoms with Crippen LogP contribution >= 0.6 is 0 Å². The Morgan fingerprint density at radius 3 is 2.61 bits per heavy atom. The predicted molar refractivity (Wildman–Crippen MR) is 67.1 cm³/mol. The van der Waals surface area contributed by atoms with Gasteiger partial charge in [-0.3, -0.25) is 9.69 Å². The summed E-state index contributed by atoms with van der Waals surface area (Å²) in [4.78, 5) is 25.7. The number of hydrogen-bond acceptors (Lipinski definition) is 3. The van der Waals surface area contributed by atoms with Gasteiger partial charge < -0.3 is 10.6 Å². The van der Waals surface area contributed by atoms with Crippen molar-refractivity contribution in [1.29, 1.82) is 0 Å². The van der Waals surface area contributed by atoms with Crippen LogP contribution in [0.5, 0.6) is 0 Å². The van der Waals surface area contributed by atoms with Crippen LogP contribution in [0, 0.1) is 0 Å². The second-order valence-corrected chi connectivity index (χ2v) is 5.76. The number of hydrogen-bond donors (Lipinski definition) is 2. The molecule has 0 unspecified atom stereocenters. The third-order valence-electron chi connectivity index (χ3n) is 4.30.